The molecule has 0 amide bonds. The lowest BCUT2D eigenvalue weighted by molar-refractivity contribution is -0.157. The fraction of sp³-hybridized carbons (Fsp3) is 0.667. The Kier molecular flexibility index (Phi) is 7.27. The third-order valence-corrected chi connectivity index (χ3v) is 3.09. The zero-order valence-corrected chi connectivity index (χ0v) is 11.0. The molecule has 0 fully saturated rings. The first-order valence-corrected chi connectivity index (χ1v) is 6.13. The zero-order chi connectivity index (χ0) is 15.9. The first-order valence-electron chi connectivity index (χ1n) is 6.13. The van der Waals surface area contributed by atoms with Gasteiger partial charge in [0.2, 0.25) is 0 Å². The van der Waals surface area contributed by atoms with Crippen molar-refractivity contribution in [3.8, 4) is 0 Å². The fourth-order valence-corrected chi connectivity index (χ4v) is 2.09. The van der Waals surface area contributed by atoms with Gasteiger partial charge in [-0.3, -0.25) is 19.2 Å². The summed E-state index contributed by atoms with van der Waals surface area (Å²) in [5, 5.41) is 35.3. The molecular formula is C12H18O8. The van der Waals surface area contributed by atoms with Crippen LogP contribution in [0.4, 0.5) is 0 Å². The Morgan fingerprint density at radius 1 is 0.750 bits per heavy atom. The quantitative estimate of drug-likeness (QED) is 0.430. The lowest BCUT2D eigenvalue weighted by Crippen LogP contribution is -2.32. The van der Waals surface area contributed by atoms with Crippen molar-refractivity contribution in [1.29, 1.82) is 0 Å². The van der Waals surface area contributed by atoms with Crippen molar-refractivity contribution in [2.24, 2.45) is 17.8 Å². The molecule has 0 aliphatic heterocycles. The van der Waals surface area contributed by atoms with E-state index in [2.05, 4.69) is 0 Å². The second kappa shape index (κ2) is 8.13. The Hall–Kier alpha value is -2.12. The van der Waals surface area contributed by atoms with Gasteiger partial charge >= 0.3 is 23.9 Å². The van der Waals surface area contributed by atoms with Crippen molar-refractivity contribution < 1.29 is 39.6 Å². The Bertz CT molecular complexity index is 361. The minimum absolute atomic E-state index is 0.0830. The number of hydrogen-bond acceptors (Lipinski definition) is 4. The van der Waals surface area contributed by atoms with Gasteiger partial charge in [0.1, 0.15) is 0 Å². The molecule has 0 saturated carbocycles. The van der Waals surface area contributed by atoms with E-state index in [9.17, 15) is 19.2 Å². The van der Waals surface area contributed by atoms with Gasteiger partial charge in [0.25, 0.3) is 0 Å². The number of rotatable bonds is 10. The number of carboxylic acids is 4. The van der Waals surface area contributed by atoms with Gasteiger partial charge in [-0.25, -0.2) is 0 Å². The predicted molar refractivity (Wildman–Crippen MR) is 65.2 cm³/mol. The second-order valence-electron chi connectivity index (χ2n) is 4.51. The summed E-state index contributed by atoms with van der Waals surface area (Å²) >= 11 is 0. The van der Waals surface area contributed by atoms with Crippen LogP contribution < -0.4 is 0 Å². The SMILES string of the molecule is CCCC(CCC(C(=O)O)C(=O)O)C(C(=O)O)C(=O)O. The van der Waals surface area contributed by atoms with Crippen LogP contribution in [0.5, 0.6) is 0 Å². The second-order valence-corrected chi connectivity index (χ2v) is 4.51. The molecule has 20 heavy (non-hydrogen) atoms. The molecule has 0 spiro atoms. The molecule has 0 rings (SSSR count). The van der Waals surface area contributed by atoms with Gasteiger partial charge in [0.15, 0.2) is 11.8 Å². The molecule has 114 valence electrons. The van der Waals surface area contributed by atoms with Crippen LogP contribution in [0.3, 0.4) is 0 Å². The van der Waals surface area contributed by atoms with E-state index in [1.54, 1.807) is 6.92 Å². The molecule has 0 radical (unpaired) electrons. The summed E-state index contributed by atoms with van der Waals surface area (Å²) in [7, 11) is 0. The molecule has 1 atom stereocenters. The van der Waals surface area contributed by atoms with Crippen LogP contribution in [0.1, 0.15) is 32.6 Å². The predicted octanol–water partition coefficient (Wildman–Crippen LogP) is 0.754. The van der Waals surface area contributed by atoms with Crippen LogP contribution in [0, 0.1) is 17.8 Å². The van der Waals surface area contributed by atoms with Crippen LogP contribution in [0.25, 0.3) is 0 Å². The van der Waals surface area contributed by atoms with Crippen LogP contribution in [-0.2, 0) is 19.2 Å². The molecule has 0 aromatic carbocycles. The smallest absolute Gasteiger partial charge is 0.318 e. The largest absolute Gasteiger partial charge is 0.481 e. The van der Waals surface area contributed by atoms with Crippen molar-refractivity contribution in [2.45, 2.75) is 32.6 Å². The highest BCUT2D eigenvalue weighted by Crippen LogP contribution is 2.26. The van der Waals surface area contributed by atoms with E-state index in [0.29, 0.717) is 6.42 Å². The van der Waals surface area contributed by atoms with Gasteiger partial charge in [-0.2, -0.15) is 0 Å². The summed E-state index contributed by atoms with van der Waals surface area (Å²) in [6.07, 6.45) is 0.411. The summed E-state index contributed by atoms with van der Waals surface area (Å²) in [6, 6.07) is 0. The molecule has 8 heteroatoms. The maximum absolute atomic E-state index is 11.0. The maximum atomic E-state index is 11.0. The van der Waals surface area contributed by atoms with Crippen molar-refractivity contribution in [3.05, 3.63) is 0 Å². The molecule has 1 unspecified atom stereocenters. The van der Waals surface area contributed by atoms with Gasteiger partial charge in [-0.1, -0.05) is 13.3 Å². The molecule has 8 nitrogen and oxygen atoms in total. The molecule has 4 N–H and O–H groups in total. The number of aliphatic carboxylic acids is 4. The minimum Gasteiger partial charge on any atom is -0.481 e. The van der Waals surface area contributed by atoms with Gasteiger partial charge in [-0.05, 0) is 25.2 Å². The van der Waals surface area contributed by atoms with Crippen LogP contribution >= 0.6 is 0 Å². The molecule has 0 aliphatic rings. The molecule has 0 aromatic heterocycles. The van der Waals surface area contributed by atoms with Gasteiger partial charge in [0.05, 0.1) is 0 Å². The summed E-state index contributed by atoms with van der Waals surface area (Å²) in [5.74, 6) is -10.1. The third kappa shape index (κ3) is 5.25. The van der Waals surface area contributed by atoms with Crippen LogP contribution in [0.15, 0.2) is 0 Å². The minimum atomic E-state index is -1.66. The van der Waals surface area contributed by atoms with Gasteiger partial charge in [-0.15, -0.1) is 0 Å². The molecule has 0 bridgehead atoms. The first kappa shape index (κ1) is 17.9. The number of hydrogen-bond donors (Lipinski definition) is 4. The van der Waals surface area contributed by atoms with Crippen molar-refractivity contribution in [3.63, 3.8) is 0 Å². The molecule has 0 aromatic rings. The average Bonchev–Trinajstić information content (AvgIpc) is 2.27. The van der Waals surface area contributed by atoms with E-state index in [1.165, 1.54) is 0 Å². The van der Waals surface area contributed by atoms with Crippen LogP contribution in [-0.4, -0.2) is 44.3 Å². The molecular weight excluding hydrogens is 272 g/mol. The number of carbonyl (C=O) groups is 4. The summed E-state index contributed by atoms with van der Waals surface area (Å²) in [5.41, 5.74) is 0. The maximum Gasteiger partial charge on any atom is 0.318 e. The van der Waals surface area contributed by atoms with Crippen LogP contribution in [0.2, 0.25) is 0 Å². The highest BCUT2D eigenvalue weighted by molar-refractivity contribution is 5.94. The monoisotopic (exact) mass is 290 g/mol. The highest BCUT2D eigenvalue weighted by Gasteiger charge is 2.36. The Morgan fingerprint density at radius 2 is 1.20 bits per heavy atom. The van der Waals surface area contributed by atoms with E-state index in [0.717, 1.165) is 0 Å². The van der Waals surface area contributed by atoms with E-state index >= 15 is 0 Å². The molecule has 0 aliphatic carbocycles. The van der Waals surface area contributed by atoms with Gasteiger partial charge in [0, 0.05) is 0 Å². The lowest BCUT2D eigenvalue weighted by atomic mass is 9.83. The Balaban J connectivity index is 4.93. The highest BCUT2D eigenvalue weighted by atomic mass is 16.4. The average molecular weight is 290 g/mol. The van der Waals surface area contributed by atoms with E-state index in [1.807, 2.05) is 0 Å². The summed E-state index contributed by atoms with van der Waals surface area (Å²) in [6.45, 7) is 1.74. The van der Waals surface area contributed by atoms with E-state index in [-0.39, 0.29) is 19.3 Å². The normalized spacial score (nSPS) is 12.3. The fourth-order valence-electron chi connectivity index (χ4n) is 2.09. The molecule has 0 heterocycles. The summed E-state index contributed by atoms with van der Waals surface area (Å²) in [4.78, 5) is 43.4. The van der Waals surface area contributed by atoms with Crippen molar-refractivity contribution >= 4 is 23.9 Å². The summed E-state index contributed by atoms with van der Waals surface area (Å²) < 4.78 is 0. The van der Waals surface area contributed by atoms with E-state index < -0.39 is 41.6 Å². The molecule has 0 saturated heterocycles. The number of carboxylic acid groups (broad SMARTS) is 4. The first-order chi connectivity index (χ1) is 9.22. The van der Waals surface area contributed by atoms with Crippen molar-refractivity contribution in [1.82, 2.24) is 0 Å². The lowest BCUT2D eigenvalue weighted by Gasteiger charge is -2.21. The van der Waals surface area contributed by atoms with Gasteiger partial charge < -0.3 is 20.4 Å². The Morgan fingerprint density at radius 3 is 1.50 bits per heavy atom. The standard InChI is InChI=1S/C12H18O8/c1-2-3-6(8(11(17)18)12(19)20)4-5-7(9(13)14)10(15)16/h6-8H,2-5H2,1H3,(H,13,14)(H,15,16)(H,17,18)(H,19,20). The third-order valence-electron chi connectivity index (χ3n) is 3.09. The Labute approximate surface area is 115 Å². The van der Waals surface area contributed by atoms with E-state index in [4.69, 9.17) is 20.4 Å². The van der Waals surface area contributed by atoms with Crippen molar-refractivity contribution in [2.75, 3.05) is 0 Å². The topological polar surface area (TPSA) is 149 Å². The zero-order valence-electron chi connectivity index (χ0n) is 11.0.